The minimum Gasteiger partial charge on any atom is -0.352 e. The molecule has 1 N–H and O–H groups in total. The van der Waals surface area contributed by atoms with Gasteiger partial charge in [-0.25, -0.2) is 14.3 Å². The number of hydrogen-bond acceptors (Lipinski definition) is 5. The Kier molecular flexibility index (Phi) is 5.20. The summed E-state index contributed by atoms with van der Waals surface area (Å²) < 4.78 is 4.78. The van der Waals surface area contributed by atoms with E-state index in [4.69, 9.17) is 0 Å². The molecule has 142 valence electrons. The van der Waals surface area contributed by atoms with Crippen molar-refractivity contribution < 1.29 is 4.79 Å². The van der Waals surface area contributed by atoms with Crippen LogP contribution in [0.5, 0.6) is 0 Å². The maximum absolute atomic E-state index is 12.5. The molecule has 0 saturated heterocycles. The van der Waals surface area contributed by atoms with E-state index in [1.54, 1.807) is 23.9 Å². The summed E-state index contributed by atoms with van der Waals surface area (Å²) in [5.41, 5.74) is 1.42. The van der Waals surface area contributed by atoms with Crippen molar-refractivity contribution in [3.8, 4) is 5.82 Å². The van der Waals surface area contributed by atoms with Crippen LogP contribution in [0.2, 0.25) is 0 Å². The molecule has 0 bridgehead atoms. The average Bonchev–Trinajstić information content (AvgIpc) is 3.19. The van der Waals surface area contributed by atoms with E-state index in [0.717, 1.165) is 17.2 Å². The lowest BCUT2D eigenvalue weighted by Gasteiger charge is -2.15. The Morgan fingerprint density at radius 2 is 2.00 bits per heavy atom. The largest absolute Gasteiger partial charge is 0.352 e. The molecule has 0 aliphatic heterocycles. The zero-order valence-electron chi connectivity index (χ0n) is 15.9. The first kappa shape index (κ1) is 18.6. The molecule has 27 heavy (non-hydrogen) atoms. The van der Waals surface area contributed by atoms with Crippen LogP contribution < -0.4 is 10.9 Å². The molecule has 3 aromatic heterocycles. The van der Waals surface area contributed by atoms with Gasteiger partial charge in [0.1, 0.15) is 11.9 Å². The maximum atomic E-state index is 12.5. The Hall–Kier alpha value is -3.23. The topological polar surface area (TPSA) is 99.6 Å². The van der Waals surface area contributed by atoms with Gasteiger partial charge in [0.25, 0.3) is 5.56 Å². The van der Waals surface area contributed by atoms with Gasteiger partial charge in [-0.3, -0.25) is 9.59 Å². The second-order valence-corrected chi connectivity index (χ2v) is 6.45. The lowest BCUT2D eigenvalue weighted by molar-refractivity contribution is -0.124. The van der Waals surface area contributed by atoms with Crippen LogP contribution in [0.15, 0.2) is 35.4 Å². The Labute approximate surface area is 156 Å². The van der Waals surface area contributed by atoms with Gasteiger partial charge in [0.2, 0.25) is 5.91 Å². The average molecular weight is 369 g/mol. The van der Waals surface area contributed by atoms with E-state index < -0.39 is 6.04 Å². The van der Waals surface area contributed by atoms with Crippen molar-refractivity contribution in [1.82, 2.24) is 34.4 Å². The Morgan fingerprint density at radius 1 is 1.22 bits per heavy atom. The van der Waals surface area contributed by atoms with Crippen molar-refractivity contribution >= 4 is 5.91 Å². The number of hydrogen-bond donors (Lipinski definition) is 1. The number of carbonyl (C=O) groups excluding carboxylic acids is 1. The second kappa shape index (κ2) is 7.56. The van der Waals surface area contributed by atoms with Crippen molar-refractivity contribution in [3.05, 3.63) is 58.2 Å². The number of nitrogens with zero attached hydrogens (tertiary/aromatic N) is 6. The van der Waals surface area contributed by atoms with Gasteiger partial charge in [0.05, 0.1) is 5.69 Å². The highest BCUT2D eigenvalue weighted by molar-refractivity contribution is 5.79. The van der Waals surface area contributed by atoms with Crippen LogP contribution in [0.3, 0.4) is 0 Å². The van der Waals surface area contributed by atoms with E-state index in [1.807, 2.05) is 37.6 Å². The van der Waals surface area contributed by atoms with Gasteiger partial charge >= 0.3 is 0 Å². The number of imidazole rings is 1. The van der Waals surface area contributed by atoms with Gasteiger partial charge in [0.15, 0.2) is 5.82 Å². The summed E-state index contributed by atoms with van der Waals surface area (Å²) in [6.07, 6.45) is 3.57. The molecule has 0 aliphatic carbocycles. The summed E-state index contributed by atoms with van der Waals surface area (Å²) in [6.45, 7) is 8.39. The van der Waals surface area contributed by atoms with Crippen molar-refractivity contribution in [1.29, 1.82) is 0 Å². The summed E-state index contributed by atoms with van der Waals surface area (Å²) in [7, 11) is 0. The van der Waals surface area contributed by atoms with Crippen LogP contribution >= 0.6 is 0 Å². The van der Waals surface area contributed by atoms with Crippen LogP contribution in [0.1, 0.15) is 30.2 Å². The third-order valence-electron chi connectivity index (χ3n) is 4.36. The first-order valence-corrected chi connectivity index (χ1v) is 8.76. The van der Waals surface area contributed by atoms with Crippen LogP contribution in [0, 0.1) is 20.8 Å². The molecule has 0 aromatic carbocycles. The highest BCUT2D eigenvalue weighted by atomic mass is 16.2. The predicted octanol–water partition coefficient (Wildman–Crippen LogP) is 0.928. The molecule has 3 rings (SSSR count). The maximum Gasteiger partial charge on any atom is 0.267 e. The fourth-order valence-electron chi connectivity index (χ4n) is 2.86. The SMILES string of the molecule is Cc1cc(C)n(-c2ccc(=O)n(C(C)C(=O)NCCn3ccnc3C)n2)n1. The normalized spacial score (nSPS) is 12.1. The van der Waals surface area contributed by atoms with Gasteiger partial charge in [-0.1, -0.05) is 0 Å². The van der Waals surface area contributed by atoms with E-state index in [9.17, 15) is 9.59 Å². The second-order valence-electron chi connectivity index (χ2n) is 6.45. The zero-order valence-corrected chi connectivity index (χ0v) is 15.9. The molecule has 9 heteroatoms. The lowest BCUT2D eigenvalue weighted by Crippen LogP contribution is -2.38. The minimum absolute atomic E-state index is 0.270. The van der Waals surface area contributed by atoms with Crippen LogP contribution in [-0.2, 0) is 11.3 Å². The quantitative estimate of drug-likeness (QED) is 0.697. The fraction of sp³-hybridized carbons (Fsp3) is 0.389. The van der Waals surface area contributed by atoms with Gasteiger partial charge in [0, 0.05) is 37.2 Å². The lowest BCUT2D eigenvalue weighted by atomic mass is 10.3. The molecule has 0 radical (unpaired) electrons. The fourth-order valence-corrected chi connectivity index (χ4v) is 2.86. The standard InChI is InChI=1S/C18H23N7O2/c1-12-11-13(2)24(21-12)16-5-6-17(26)25(22-16)14(3)18(27)20-8-10-23-9-7-19-15(23)4/h5-7,9,11,14H,8,10H2,1-4H3,(H,20,27). The zero-order chi connectivity index (χ0) is 19.6. The molecule has 0 aliphatic rings. The summed E-state index contributed by atoms with van der Waals surface area (Å²) in [5, 5.41) is 11.5. The van der Waals surface area contributed by atoms with Crippen LogP contribution in [-0.4, -0.2) is 41.6 Å². The molecule has 1 unspecified atom stereocenters. The highest BCUT2D eigenvalue weighted by Crippen LogP contribution is 2.09. The monoisotopic (exact) mass is 369 g/mol. The van der Waals surface area contributed by atoms with Crippen molar-refractivity contribution in [2.75, 3.05) is 6.54 Å². The Bertz CT molecular complexity index is 1010. The summed E-state index contributed by atoms with van der Waals surface area (Å²) in [4.78, 5) is 28.8. The third-order valence-corrected chi connectivity index (χ3v) is 4.36. The number of aromatic nitrogens is 6. The number of carbonyl (C=O) groups is 1. The molecular weight excluding hydrogens is 346 g/mol. The Morgan fingerprint density at radius 3 is 2.63 bits per heavy atom. The smallest absolute Gasteiger partial charge is 0.267 e. The molecular formula is C18H23N7O2. The first-order chi connectivity index (χ1) is 12.9. The molecule has 0 fully saturated rings. The number of nitrogens with one attached hydrogen (secondary N) is 1. The molecule has 3 aromatic rings. The molecule has 0 spiro atoms. The van der Waals surface area contributed by atoms with E-state index in [0.29, 0.717) is 18.9 Å². The minimum atomic E-state index is -0.738. The van der Waals surface area contributed by atoms with Gasteiger partial charge < -0.3 is 9.88 Å². The van der Waals surface area contributed by atoms with E-state index in [-0.39, 0.29) is 11.5 Å². The van der Waals surface area contributed by atoms with E-state index >= 15 is 0 Å². The van der Waals surface area contributed by atoms with Gasteiger partial charge in [-0.15, -0.1) is 5.10 Å². The summed E-state index contributed by atoms with van der Waals surface area (Å²) in [6, 6.07) is 4.19. The number of rotatable bonds is 6. The van der Waals surface area contributed by atoms with Gasteiger partial charge in [-0.2, -0.15) is 5.10 Å². The van der Waals surface area contributed by atoms with Gasteiger partial charge in [-0.05, 0) is 39.8 Å². The van der Waals surface area contributed by atoms with Crippen LogP contribution in [0.25, 0.3) is 5.82 Å². The number of amides is 1. The molecule has 0 saturated carbocycles. The number of aryl methyl sites for hydroxylation is 3. The van der Waals surface area contributed by atoms with E-state index in [1.165, 1.54) is 10.7 Å². The van der Waals surface area contributed by atoms with Crippen molar-refractivity contribution in [2.24, 2.45) is 0 Å². The summed E-state index contributed by atoms with van der Waals surface area (Å²) >= 11 is 0. The van der Waals surface area contributed by atoms with Crippen molar-refractivity contribution in [3.63, 3.8) is 0 Å². The Balaban J connectivity index is 1.73. The molecule has 1 amide bonds. The van der Waals surface area contributed by atoms with Crippen molar-refractivity contribution in [2.45, 2.75) is 40.3 Å². The first-order valence-electron chi connectivity index (χ1n) is 8.76. The third kappa shape index (κ3) is 3.97. The summed E-state index contributed by atoms with van der Waals surface area (Å²) in [5.74, 6) is 1.11. The molecule has 9 nitrogen and oxygen atoms in total. The van der Waals surface area contributed by atoms with Crippen LogP contribution in [0.4, 0.5) is 0 Å². The van der Waals surface area contributed by atoms with E-state index in [2.05, 4.69) is 20.5 Å². The predicted molar refractivity (Wildman–Crippen MR) is 99.8 cm³/mol. The molecule has 3 heterocycles. The highest BCUT2D eigenvalue weighted by Gasteiger charge is 2.18. The molecule has 1 atom stereocenters.